The summed E-state index contributed by atoms with van der Waals surface area (Å²) >= 11 is 1.44. The number of anilines is 1. The number of hydrogen-bond acceptors (Lipinski definition) is 7. The number of H-pyrrole nitrogens is 2. The summed E-state index contributed by atoms with van der Waals surface area (Å²) in [6.45, 7) is 5.67. The van der Waals surface area contributed by atoms with Gasteiger partial charge in [0.2, 0.25) is 5.95 Å². The van der Waals surface area contributed by atoms with Gasteiger partial charge >= 0.3 is 0 Å². The third kappa shape index (κ3) is 3.23. The lowest BCUT2D eigenvalue weighted by atomic mass is 9.73. The van der Waals surface area contributed by atoms with Crippen molar-refractivity contribution in [2.75, 3.05) is 18.0 Å². The standard InChI is InChI=1S/C25H26N6O2S/c1-14(18-7-6-16(13-32)34-18)20-19-22(30-29-20)27-24(28-23(19)33)31-10-8-25(9-11-31)12-15-4-2-3-5-17(15)21(25)26/h2-7,21,32H,1,8-13,26H2,(H2,27,28,29,30,33)/t21-/m1/s1. The minimum atomic E-state index is -0.242. The van der Waals surface area contributed by atoms with Gasteiger partial charge in [-0.1, -0.05) is 30.8 Å². The number of nitrogens with one attached hydrogen (secondary N) is 2. The van der Waals surface area contributed by atoms with Crippen molar-refractivity contribution >= 4 is 33.9 Å². The van der Waals surface area contributed by atoms with Crippen LogP contribution >= 0.6 is 11.3 Å². The number of aliphatic hydroxyl groups is 1. The first-order valence-corrected chi connectivity index (χ1v) is 12.3. The van der Waals surface area contributed by atoms with Gasteiger partial charge < -0.3 is 15.7 Å². The highest BCUT2D eigenvalue weighted by molar-refractivity contribution is 7.13. The maximum absolute atomic E-state index is 13.1. The minimum absolute atomic E-state index is 0.0265. The molecular formula is C25H26N6O2S. The van der Waals surface area contributed by atoms with E-state index in [0.717, 1.165) is 42.1 Å². The van der Waals surface area contributed by atoms with Gasteiger partial charge in [0.15, 0.2) is 5.65 Å². The topological polar surface area (TPSA) is 124 Å². The Balaban J connectivity index is 1.25. The average Bonchev–Trinajstić information content (AvgIpc) is 3.57. The summed E-state index contributed by atoms with van der Waals surface area (Å²) in [5.74, 6) is 0.541. The van der Waals surface area contributed by atoms with Gasteiger partial charge in [-0.05, 0) is 47.9 Å². The highest BCUT2D eigenvalue weighted by Gasteiger charge is 2.46. The SMILES string of the molecule is C=C(c1ccc(CO)s1)c1[nH]nc2nc(N3CCC4(CC3)Cc3ccccc3[C@H]4N)[nH]c(=O)c12. The third-order valence-corrected chi connectivity index (χ3v) is 8.61. The Morgan fingerprint density at radius 1 is 1.26 bits per heavy atom. The number of hydrogen-bond donors (Lipinski definition) is 4. The first-order valence-electron chi connectivity index (χ1n) is 11.4. The number of nitrogens with two attached hydrogens (primary N) is 1. The van der Waals surface area contributed by atoms with Crippen LogP contribution in [-0.4, -0.2) is 38.4 Å². The van der Waals surface area contributed by atoms with Crippen LogP contribution in [0.1, 0.15) is 45.5 Å². The molecule has 0 bridgehead atoms. The van der Waals surface area contributed by atoms with E-state index in [1.807, 2.05) is 12.1 Å². The van der Waals surface area contributed by atoms with Crippen LogP contribution in [0.4, 0.5) is 5.95 Å². The molecule has 1 fully saturated rings. The molecule has 4 heterocycles. The second-order valence-corrected chi connectivity index (χ2v) is 10.5. The molecule has 1 aliphatic carbocycles. The average molecular weight is 475 g/mol. The Hall–Kier alpha value is -3.27. The zero-order chi connectivity index (χ0) is 23.4. The molecule has 9 heteroatoms. The van der Waals surface area contributed by atoms with E-state index in [-0.39, 0.29) is 23.6 Å². The zero-order valence-electron chi connectivity index (χ0n) is 18.7. The van der Waals surface area contributed by atoms with Gasteiger partial charge in [-0.3, -0.25) is 14.9 Å². The van der Waals surface area contributed by atoms with Gasteiger partial charge in [-0.15, -0.1) is 11.3 Å². The van der Waals surface area contributed by atoms with Crippen molar-refractivity contribution in [3.63, 3.8) is 0 Å². The van der Waals surface area contributed by atoms with Crippen molar-refractivity contribution < 1.29 is 5.11 Å². The molecule has 4 aromatic rings. The summed E-state index contributed by atoms with van der Waals surface area (Å²) in [5, 5.41) is 17.0. The lowest BCUT2D eigenvalue weighted by molar-refractivity contribution is 0.187. The van der Waals surface area contributed by atoms with Gasteiger partial charge in [0.05, 0.1) is 12.3 Å². The van der Waals surface area contributed by atoms with Crippen molar-refractivity contribution in [3.05, 3.63) is 79.9 Å². The Morgan fingerprint density at radius 2 is 2.06 bits per heavy atom. The largest absolute Gasteiger partial charge is 0.391 e. The molecule has 174 valence electrons. The zero-order valence-corrected chi connectivity index (χ0v) is 19.5. The number of aromatic nitrogens is 4. The quantitative estimate of drug-likeness (QED) is 0.360. The Labute approximate surface area is 200 Å². The first kappa shape index (κ1) is 21.3. The van der Waals surface area contributed by atoms with Gasteiger partial charge in [-0.2, -0.15) is 10.1 Å². The first-order chi connectivity index (χ1) is 16.5. The molecule has 8 nitrogen and oxygen atoms in total. The monoisotopic (exact) mass is 474 g/mol. The number of piperidine rings is 1. The van der Waals surface area contributed by atoms with E-state index in [1.54, 1.807) is 0 Å². The van der Waals surface area contributed by atoms with Crippen LogP contribution < -0.4 is 16.2 Å². The Bertz CT molecular complexity index is 1460. The van der Waals surface area contributed by atoms with Crippen molar-refractivity contribution in [1.29, 1.82) is 0 Å². The van der Waals surface area contributed by atoms with E-state index < -0.39 is 0 Å². The van der Waals surface area contributed by atoms with Gasteiger partial charge in [0.25, 0.3) is 5.56 Å². The number of rotatable bonds is 4. The second kappa shape index (κ2) is 7.90. The molecule has 6 rings (SSSR count). The lowest BCUT2D eigenvalue weighted by Crippen LogP contribution is -2.45. The summed E-state index contributed by atoms with van der Waals surface area (Å²) in [6, 6.07) is 12.3. The summed E-state index contributed by atoms with van der Waals surface area (Å²) in [7, 11) is 0. The highest BCUT2D eigenvalue weighted by atomic mass is 32.1. The third-order valence-electron chi connectivity index (χ3n) is 7.48. The number of nitrogens with zero attached hydrogens (tertiary/aromatic N) is 3. The van der Waals surface area contributed by atoms with E-state index in [1.165, 1.54) is 22.5 Å². The van der Waals surface area contributed by atoms with Crippen LogP contribution in [0.3, 0.4) is 0 Å². The highest BCUT2D eigenvalue weighted by Crippen LogP contribution is 2.50. The van der Waals surface area contributed by atoms with Gasteiger partial charge in [-0.25, -0.2) is 0 Å². The van der Waals surface area contributed by atoms with E-state index >= 15 is 0 Å². The van der Waals surface area contributed by atoms with Crippen molar-refractivity contribution in [2.24, 2.45) is 11.1 Å². The molecule has 3 aromatic heterocycles. The van der Waals surface area contributed by atoms with Crippen molar-refractivity contribution in [2.45, 2.75) is 31.9 Å². The van der Waals surface area contributed by atoms with Crippen LogP contribution in [0, 0.1) is 5.41 Å². The molecule has 0 saturated carbocycles. The fourth-order valence-corrected chi connectivity index (χ4v) is 6.35. The summed E-state index contributed by atoms with van der Waals surface area (Å²) < 4.78 is 0. The number of aromatic amines is 2. The molecular weight excluding hydrogens is 448 g/mol. The number of fused-ring (bicyclic) bond motifs is 2. The molecule has 0 amide bonds. The fourth-order valence-electron chi connectivity index (χ4n) is 5.51. The van der Waals surface area contributed by atoms with Gasteiger partial charge in [0.1, 0.15) is 5.39 Å². The molecule has 34 heavy (non-hydrogen) atoms. The van der Waals surface area contributed by atoms with Gasteiger partial charge in [0, 0.05) is 34.5 Å². The summed E-state index contributed by atoms with van der Waals surface area (Å²) in [5.41, 5.74) is 10.7. The van der Waals surface area contributed by atoms with Crippen LogP contribution in [0.15, 0.2) is 47.8 Å². The fraction of sp³-hybridized carbons (Fsp3) is 0.320. The summed E-state index contributed by atoms with van der Waals surface area (Å²) in [6.07, 6.45) is 2.89. The Kier molecular flexibility index (Phi) is 4.94. The van der Waals surface area contributed by atoms with Crippen molar-refractivity contribution in [3.8, 4) is 0 Å². The molecule has 1 saturated heterocycles. The van der Waals surface area contributed by atoms with Crippen LogP contribution in [0.5, 0.6) is 0 Å². The van der Waals surface area contributed by atoms with Crippen LogP contribution in [-0.2, 0) is 13.0 Å². The maximum atomic E-state index is 13.1. The molecule has 1 atom stereocenters. The predicted molar refractivity (Wildman–Crippen MR) is 134 cm³/mol. The molecule has 1 aliphatic heterocycles. The minimum Gasteiger partial charge on any atom is -0.391 e. The van der Waals surface area contributed by atoms with Crippen LogP contribution in [0.2, 0.25) is 0 Å². The smallest absolute Gasteiger partial charge is 0.264 e. The molecule has 1 spiro atoms. The van der Waals surface area contributed by atoms with Crippen LogP contribution in [0.25, 0.3) is 16.6 Å². The maximum Gasteiger partial charge on any atom is 0.264 e. The van der Waals surface area contributed by atoms with Crippen molar-refractivity contribution in [1.82, 2.24) is 20.2 Å². The molecule has 1 aromatic carbocycles. The Morgan fingerprint density at radius 3 is 2.79 bits per heavy atom. The van der Waals surface area contributed by atoms with E-state index in [9.17, 15) is 9.90 Å². The number of benzene rings is 1. The molecule has 5 N–H and O–H groups in total. The number of thiophene rings is 1. The van der Waals surface area contributed by atoms with E-state index in [4.69, 9.17) is 5.73 Å². The lowest BCUT2D eigenvalue weighted by Gasteiger charge is -2.42. The second-order valence-electron chi connectivity index (χ2n) is 9.29. The number of aliphatic hydroxyl groups excluding tert-OH is 1. The van der Waals surface area contributed by atoms with E-state index in [2.05, 4.69) is 55.9 Å². The summed E-state index contributed by atoms with van der Waals surface area (Å²) in [4.78, 5) is 24.6. The van der Waals surface area contributed by atoms with E-state index in [0.29, 0.717) is 28.2 Å². The normalized spacial score (nSPS) is 19.1. The molecule has 0 radical (unpaired) electrons. The predicted octanol–water partition coefficient (Wildman–Crippen LogP) is 3.10. The molecule has 2 aliphatic rings. The molecule has 0 unspecified atom stereocenters.